The van der Waals surface area contributed by atoms with Gasteiger partial charge in [-0.3, -0.25) is 9.78 Å². The minimum atomic E-state index is -0.230. The van der Waals surface area contributed by atoms with Crippen LogP contribution in [0.1, 0.15) is 37.0 Å². The van der Waals surface area contributed by atoms with Gasteiger partial charge in [0.2, 0.25) is 0 Å². The smallest absolute Gasteiger partial charge is 0.271 e. The second-order valence-corrected chi connectivity index (χ2v) is 5.91. The maximum atomic E-state index is 12.5. The maximum absolute atomic E-state index is 12.5. The molecule has 3 rings (SSSR count). The van der Waals surface area contributed by atoms with Gasteiger partial charge in [0.15, 0.2) is 12.5 Å². The van der Waals surface area contributed by atoms with Crippen molar-refractivity contribution in [2.24, 2.45) is 5.73 Å². The van der Waals surface area contributed by atoms with Crippen molar-refractivity contribution >= 4 is 11.7 Å². The number of nitriles is 1. The van der Waals surface area contributed by atoms with Crippen LogP contribution in [0.3, 0.4) is 0 Å². The van der Waals surface area contributed by atoms with Gasteiger partial charge in [-0.25, -0.2) is 0 Å². The van der Waals surface area contributed by atoms with E-state index in [9.17, 15) is 10.1 Å². The summed E-state index contributed by atoms with van der Waals surface area (Å²) in [5.41, 5.74) is 7.09. The van der Waals surface area contributed by atoms with Gasteiger partial charge in [0.25, 0.3) is 5.91 Å². The fraction of sp³-hybridized carbons (Fsp3) is 0.348. The lowest BCUT2D eigenvalue weighted by Crippen LogP contribution is -2.31. The molecular formula is C23H31N5O3. The third-order valence-electron chi connectivity index (χ3n) is 4.18. The number of aryl methyl sites for hydroxylation is 1. The molecule has 0 unspecified atom stereocenters. The number of pyridine rings is 1. The Hall–Kier alpha value is -3.57. The molecule has 1 aliphatic heterocycles. The maximum Gasteiger partial charge on any atom is 0.271 e. The van der Waals surface area contributed by atoms with Gasteiger partial charge in [-0.1, -0.05) is 13.8 Å². The molecule has 0 bridgehead atoms. The summed E-state index contributed by atoms with van der Waals surface area (Å²) in [6.07, 6.45) is 5.20. The van der Waals surface area contributed by atoms with Gasteiger partial charge in [0, 0.05) is 24.5 Å². The number of nitrogens with zero attached hydrogens (tertiary/aromatic N) is 2. The van der Waals surface area contributed by atoms with E-state index in [4.69, 9.17) is 9.47 Å². The van der Waals surface area contributed by atoms with Gasteiger partial charge in [0.05, 0.1) is 12.7 Å². The Morgan fingerprint density at radius 1 is 1.29 bits per heavy atom. The lowest BCUT2D eigenvalue weighted by molar-refractivity contribution is -0.117. The second-order valence-electron chi connectivity index (χ2n) is 5.91. The number of nitrogens with two attached hydrogens (primary N) is 1. The number of amides is 1. The number of hydrogen-bond donors (Lipinski definition) is 3. The molecule has 0 spiro atoms. The van der Waals surface area contributed by atoms with Crippen molar-refractivity contribution in [3.8, 4) is 11.8 Å². The minimum absolute atomic E-state index is 0.211. The summed E-state index contributed by atoms with van der Waals surface area (Å²) in [7, 11) is 3.01. The molecule has 0 aliphatic carbocycles. The molecule has 0 radical (unpaired) electrons. The minimum Gasteiger partial charge on any atom is -0.495 e. The molecule has 1 aromatic carbocycles. The van der Waals surface area contributed by atoms with Crippen molar-refractivity contribution in [1.82, 2.24) is 15.6 Å². The molecule has 166 valence electrons. The molecule has 0 fully saturated rings. The summed E-state index contributed by atoms with van der Waals surface area (Å²) < 4.78 is 10.7. The zero-order valence-electron chi connectivity index (χ0n) is 18.6. The number of rotatable bonds is 7. The van der Waals surface area contributed by atoms with Crippen LogP contribution in [0.25, 0.3) is 5.76 Å². The normalized spacial score (nSPS) is 11.5. The van der Waals surface area contributed by atoms with E-state index in [1.165, 1.54) is 19.7 Å². The summed E-state index contributed by atoms with van der Waals surface area (Å²) in [6.45, 7) is 4.76. The molecule has 8 nitrogen and oxygen atoms in total. The van der Waals surface area contributed by atoms with Crippen LogP contribution in [0.5, 0.6) is 5.75 Å². The second kappa shape index (κ2) is 14.4. The van der Waals surface area contributed by atoms with E-state index in [-0.39, 0.29) is 12.6 Å². The number of methoxy groups -OCH3 is 1. The van der Waals surface area contributed by atoms with Crippen LogP contribution in [-0.4, -0.2) is 38.3 Å². The summed E-state index contributed by atoms with van der Waals surface area (Å²) >= 11 is 0. The highest BCUT2D eigenvalue weighted by molar-refractivity contribution is 6.00. The number of benzene rings is 1. The lowest BCUT2D eigenvalue weighted by Gasteiger charge is -2.09. The van der Waals surface area contributed by atoms with Gasteiger partial charge in [0.1, 0.15) is 17.5 Å². The number of nitrogens with one attached hydrogen (secondary N) is 2. The van der Waals surface area contributed by atoms with Crippen molar-refractivity contribution in [1.29, 1.82) is 5.26 Å². The molecular weight excluding hydrogens is 394 g/mol. The number of carbonyl (C=O) groups is 1. The molecule has 1 aromatic heterocycles. The summed E-state index contributed by atoms with van der Waals surface area (Å²) in [5.74, 6) is 0.683. The molecule has 31 heavy (non-hydrogen) atoms. The summed E-state index contributed by atoms with van der Waals surface area (Å²) in [6, 6.07) is 11.1. The molecule has 2 heterocycles. The van der Waals surface area contributed by atoms with E-state index in [1.807, 2.05) is 26.0 Å². The first-order valence-corrected chi connectivity index (χ1v) is 10.2. The first-order valence-electron chi connectivity index (χ1n) is 10.2. The van der Waals surface area contributed by atoms with Crippen molar-refractivity contribution < 1.29 is 14.3 Å². The van der Waals surface area contributed by atoms with Crippen LogP contribution in [0.2, 0.25) is 0 Å². The van der Waals surface area contributed by atoms with E-state index in [0.717, 1.165) is 12.8 Å². The topological polar surface area (TPSA) is 122 Å². The van der Waals surface area contributed by atoms with Crippen molar-refractivity contribution in [3.05, 3.63) is 65.1 Å². The molecule has 0 saturated carbocycles. The van der Waals surface area contributed by atoms with Crippen molar-refractivity contribution in [2.45, 2.75) is 26.7 Å². The fourth-order valence-electron chi connectivity index (χ4n) is 2.81. The zero-order chi connectivity index (χ0) is 23.1. The molecule has 4 N–H and O–H groups in total. The molecule has 1 amide bonds. The highest BCUT2D eigenvalue weighted by atomic mass is 16.5. The van der Waals surface area contributed by atoms with Crippen molar-refractivity contribution in [2.75, 3.05) is 27.4 Å². The Balaban J connectivity index is 0.00000113. The summed E-state index contributed by atoms with van der Waals surface area (Å²) in [4.78, 5) is 16.5. The van der Waals surface area contributed by atoms with Gasteiger partial charge >= 0.3 is 0 Å². The Morgan fingerprint density at radius 3 is 2.65 bits per heavy atom. The van der Waals surface area contributed by atoms with Gasteiger partial charge in [-0.15, -0.1) is 0 Å². The van der Waals surface area contributed by atoms with Gasteiger partial charge in [-0.2, -0.15) is 5.26 Å². The lowest BCUT2D eigenvalue weighted by atomic mass is 10.1. The highest BCUT2D eigenvalue weighted by Crippen LogP contribution is 2.27. The number of carbonyl (C=O) groups excluding carboxylic acids is 1. The average Bonchev–Trinajstić information content (AvgIpc) is 3.34. The Labute approximate surface area is 184 Å². The number of hydrogen-bond acceptors (Lipinski definition) is 7. The van der Waals surface area contributed by atoms with E-state index >= 15 is 0 Å². The molecule has 8 heteroatoms. The van der Waals surface area contributed by atoms with Crippen LogP contribution in [0.4, 0.5) is 0 Å². The standard InChI is InChI=1S/C20H20N4O3.C2H6.CH5N/c1-26-17-5-4-15(11-16(17)12-21)19-18(24-13-27-19)20(25)23-8-2-3-14-6-9-22-10-7-14;2*1-2/h4-7,9-11,24H,2-3,8,13H2,1H3,(H,23,25);1-2H3;2H2,1H3. The molecule has 0 saturated heterocycles. The first kappa shape index (κ1) is 25.5. The number of ether oxygens (including phenoxy) is 2. The summed E-state index contributed by atoms with van der Waals surface area (Å²) in [5, 5.41) is 15.1. The quantitative estimate of drug-likeness (QED) is 0.583. The van der Waals surface area contributed by atoms with E-state index in [1.54, 1.807) is 30.6 Å². The molecule has 0 atom stereocenters. The van der Waals surface area contributed by atoms with E-state index < -0.39 is 0 Å². The van der Waals surface area contributed by atoms with Gasteiger partial charge < -0.3 is 25.8 Å². The Kier molecular flexibility index (Phi) is 11.8. The first-order chi connectivity index (χ1) is 15.2. The van der Waals surface area contributed by atoms with Crippen LogP contribution in [0.15, 0.2) is 48.4 Å². The zero-order valence-corrected chi connectivity index (χ0v) is 18.6. The predicted octanol–water partition coefficient (Wildman–Crippen LogP) is 2.56. The van der Waals surface area contributed by atoms with E-state index in [2.05, 4.69) is 27.4 Å². The van der Waals surface area contributed by atoms with Crippen LogP contribution >= 0.6 is 0 Å². The SMILES string of the molecule is CC.CN.COc1ccc(C2=C(C(=O)NCCCc3ccncc3)NCO2)cc1C#N. The van der Waals surface area contributed by atoms with Crippen LogP contribution in [-0.2, 0) is 16.0 Å². The fourth-order valence-corrected chi connectivity index (χ4v) is 2.81. The van der Waals surface area contributed by atoms with Crippen LogP contribution < -0.4 is 21.1 Å². The van der Waals surface area contributed by atoms with Gasteiger partial charge in [-0.05, 0) is 55.8 Å². The average molecular weight is 426 g/mol. The largest absolute Gasteiger partial charge is 0.495 e. The Morgan fingerprint density at radius 2 is 2.00 bits per heavy atom. The Bertz CT molecular complexity index is 892. The van der Waals surface area contributed by atoms with E-state index in [0.29, 0.717) is 34.9 Å². The monoisotopic (exact) mass is 425 g/mol. The number of aromatic nitrogens is 1. The van der Waals surface area contributed by atoms with Crippen molar-refractivity contribution in [3.63, 3.8) is 0 Å². The molecule has 1 aliphatic rings. The van der Waals surface area contributed by atoms with Crippen LogP contribution in [0, 0.1) is 11.3 Å². The third-order valence-corrected chi connectivity index (χ3v) is 4.18. The third kappa shape index (κ3) is 7.32. The highest BCUT2D eigenvalue weighted by Gasteiger charge is 2.24. The predicted molar refractivity (Wildman–Crippen MR) is 121 cm³/mol. The molecule has 2 aromatic rings.